The zero-order valence-electron chi connectivity index (χ0n) is 17.9. The molecule has 0 aliphatic rings. The lowest BCUT2D eigenvalue weighted by molar-refractivity contribution is 0.476. The monoisotopic (exact) mass is 416 g/mol. The van der Waals surface area contributed by atoms with Gasteiger partial charge in [-0.1, -0.05) is 54.1 Å². The first-order valence-electron chi connectivity index (χ1n) is 9.73. The second kappa shape index (κ2) is 10.4. The van der Waals surface area contributed by atoms with Crippen molar-refractivity contribution >= 4 is 16.0 Å². The van der Waals surface area contributed by atoms with E-state index in [1.165, 1.54) is 11.1 Å². The minimum Gasteiger partial charge on any atom is -0.352 e. The predicted octanol–water partition coefficient (Wildman–Crippen LogP) is 3.03. The standard InChI is InChI=1S/C22H32N4O2S/c1-17(2)25-29(27,28)16-21-12-10-19(11-13-21)14-24-22(23-4)26(5)15-20-8-6-18(3)7-9-20/h6-13,17,25H,14-16H2,1-5H3,(H,23,24). The Labute approximate surface area is 175 Å². The molecular formula is C22H32N4O2S. The first kappa shape index (κ1) is 22.9. The Morgan fingerprint density at radius 2 is 1.55 bits per heavy atom. The molecule has 0 fully saturated rings. The Balaban J connectivity index is 1.91. The molecule has 0 aliphatic carbocycles. The molecule has 0 saturated heterocycles. The lowest BCUT2D eigenvalue weighted by atomic mass is 10.1. The number of aliphatic imine (C=N–C) groups is 1. The van der Waals surface area contributed by atoms with Crippen LogP contribution in [0.5, 0.6) is 0 Å². The van der Waals surface area contributed by atoms with E-state index >= 15 is 0 Å². The van der Waals surface area contributed by atoms with Gasteiger partial charge < -0.3 is 10.2 Å². The number of rotatable bonds is 8. The van der Waals surface area contributed by atoms with Crippen LogP contribution >= 0.6 is 0 Å². The summed E-state index contributed by atoms with van der Waals surface area (Å²) in [5.74, 6) is 0.790. The summed E-state index contributed by atoms with van der Waals surface area (Å²) in [4.78, 5) is 6.43. The second-order valence-electron chi connectivity index (χ2n) is 7.59. The molecule has 7 heteroatoms. The Hall–Kier alpha value is -2.38. The van der Waals surface area contributed by atoms with Crippen molar-refractivity contribution in [2.75, 3.05) is 14.1 Å². The van der Waals surface area contributed by atoms with Crippen molar-refractivity contribution in [1.82, 2.24) is 14.9 Å². The highest BCUT2D eigenvalue weighted by molar-refractivity contribution is 7.88. The highest BCUT2D eigenvalue weighted by atomic mass is 32.2. The molecule has 0 aliphatic heterocycles. The van der Waals surface area contributed by atoms with Gasteiger partial charge in [-0.3, -0.25) is 4.99 Å². The predicted molar refractivity (Wildman–Crippen MR) is 120 cm³/mol. The molecule has 2 aromatic carbocycles. The lowest BCUT2D eigenvalue weighted by Crippen LogP contribution is -2.38. The summed E-state index contributed by atoms with van der Waals surface area (Å²) in [6.07, 6.45) is 0. The van der Waals surface area contributed by atoms with Crippen LogP contribution in [0.4, 0.5) is 0 Å². The highest BCUT2D eigenvalue weighted by Gasteiger charge is 2.13. The van der Waals surface area contributed by atoms with Gasteiger partial charge in [0.05, 0.1) is 5.75 Å². The largest absolute Gasteiger partial charge is 0.352 e. The maximum atomic E-state index is 12.0. The fourth-order valence-corrected chi connectivity index (χ4v) is 4.41. The van der Waals surface area contributed by atoms with E-state index in [0.717, 1.165) is 23.6 Å². The highest BCUT2D eigenvalue weighted by Crippen LogP contribution is 2.09. The van der Waals surface area contributed by atoms with E-state index in [2.05, 4.69) is 51.1 Å². The second-order valence-corrected chi connectivity index (χ2v) is 9.34. The molecule has 0 aromatic heterocycles. The van der Waals surface area contributed by atoms with Crippen molar-refractivity contribution in [3.63, 3.8) is 0 Å². The van der Waals surface area contributed by atoms with Crippen LogP contribution in [0.1, 0.15) is 36.1 Å². The summed E-state index contributed by atoms with van der Waals surface area (Å²) >= 11 is 0. The topological polar surface area (TPSA) is 73.8 Å². The van der Waals surface area contributed by atoms with Crippen molar-refractivity contribution < 1.29 is 8.42 Å². The number of benzene rings is 2. The van der Waals surface area contributed by atoms with E-state index in [1.54, 1.807) is 7.05 Å². The number of guanidine groups is 1. The summed E-state index contributed by atoms with van der Waals surface area (Å²) in [6, 6.07) is 16.0. The van der Waals surface area contributed by atoms with Gasteiger partial charge in [-0.2, -0.15) is 0 Å². The summed E-state index contributed by atoms with van der Waals surface area (Å²) in [6.45, 7) is 7.08. The fourth-order valence-electron chi connectivity index (χ4n) is 2.98. The molecular weight excluding hydrogens is 384 g/mol. The van der Waals surface area contributed by atoms with Crippen LogP contribution in [0.15, 0.2) is 53.5 Å². The first-order chi connectivity index (χ1) is 13.7. The Morgan fingerprint density at radius 3 is 2.10 bits per heavy atom. The SMILES string of the molecule is CN=C(NCc1ccc(CS(=O)(=O)NC(C)C)cc1)N(C)Cc1ccc(C)cc1. The average molecular weight is 417 g/mol. The summed E-state index contributed by atoms with van der Waals surface area (Å²) < 4.78 is 26.7. The van der Waals surface area contributed by atoms with Crippen molar-refractivity contribution in [2.45, 2.75) is 45.7 Å². The van der Waals surface area contributed by atoms with Gasteiger partial charge in [0.2, 0.25) is 10.0 Å². The molecule has 0 amide bonds. The van der Waals surface area contributed by atoms with Crippen LogP contribution in [-0.2, 0) is 28.9 Å². The van der Waals surface area contributed by atoms with Crippen molar-refractivity contribution in [2.24, 2.45) is 4.99 Å². The van der Waals surface area contributed by atoms with Gasteiger partial charge in [-0.25, -0.2) is 13.1 Å². The van der Waals surface area contributed by atoms with E-state index in [0.29, 0.717) is 6.54 Å². The van der Waals surface area contributed by atoms with Crippen LogP contribution in [0.25, 0.3) is 0 Å². The van der Waals surface area contributed by atoms with Gasteiger partial charge in [-0.15, -0.1) is 0 Å². The maximum absolute atomic E-state index is 12.0. The van der Waals surface area contributed by atoms with Crippen molar-refractivity contribution in [3.8, 4) is 0 Å². The van der Waals surface area contributed by atoms with E-state index < -0.39 is 10.0 Å². The molecule has 2 aromatic rings. The summed E-state index contributed by atoms with van der Waals surface area (Å²) in [5, 5.41) is 3.36. The normalized spacial score (nSPS) is 12.3. The van der Waals surface area contributed by atoms with Crippen LogP contribution in [0, 0.1) is 6.92 Å². The van der Waals surface area contributed by atoms with E-state index in [-0.39, 0.29) is 11.8 Å². The minimum atomic E-state index is -3.31. The molecule has 0 unspecified atom stereocenters. The number of hydrogen-bond donors (Lipinski definition) is 2. The van der Waals surface area contributed by atoms with Gasteiger partial charge in [0, 0.05) is 33.2 Å². The zero-order chi connectivity index (χ0) is 21.4. The van der Waals surface area contributed by atoms with E-state index in [9.17, 15) is 8.42 Å². The molecule has 0 spiro atoms. The van der Waals surface area contributed by atoms with Crippen LogP contribution in [0.2, 0.25) is 0 Å². The van der Waals surface area contributed by atoms with Crippen molar-refractivity contribution in [1.29, 1.82) is 0 Å². The average Bonchev–Trinajstić information content (AvgIpc) is 2.64. The lowest BCUT2D eigenvalue weighted by Gasteiger charge is -2.22. The molecule has 2 rings (SSSR count). The molecule has 2 N–H and O–H groups in total. The minimum absolute atomic E-state index is 0.0140. The van der Waals surface area contributed by atoms with Crippen LogP contribution in [-0.4, -0.2) is 39.4 Å². The van der Waals surface area contributed by atoms with E-state index in [4.69, 9.17) is 0 Å². The van der Waals surface area contributed by atoms with Gasteiger partial charge in [0.15, 0.2) is 5.96 Å². The molecule has 0 bridgehead atoms. The third-order valence-electron chi connectivity index (χ3n) is 4.36. The zero-order valence-corrected chi connectivity index (χ0v) is 18.8. The Morgan fingerprint density at radius 1 is 1.00 bits per heavy atom. The number of sulfonamides is 1. The van der Waals surface area contributed by atoms with Crippen LogP contribution < -0.4 is 10.0 Å². The molecule has 0 saturated carbocycles. The molecule has 6 nitrogen and oxygen atoms in total. The fraction of sp³-hybridized carbons (Fsp3) is 0.409. The molecule has 29 heavy (non-hydrogen) atoms. The molecule has 0 radical (unpaired) electrons. The number of nitrogens with zero attached hydrogens (tertiary/aromatic N) is 2. The maximum Gasteiger partial charge on any atom is 0.216 e. The van der Waals surface area contributed by atoms with E-state index in [1.807, 2.05) is 45.2 Å². The third-order valence-corrected chi connectivity index (χ3v) is 5.90. The molecule has 0 heterocycles. The Bertz CT molecular complexity index is 905. The van der Waals surface area contributed by atoms with Gasteiger partial charge in [0.1, 0.15) is 0 Å². The summed E-state index contributed by atoms with van der Waals surface area (Å²) in [5.41, 5.74) is 4.30. The Kier molecular flexibility index (Phi) is 8.22. The molecule has 158 valence electrons. The van der Waals surface area contributed by atoms with Crippen molar-refractivity contribution in [3.05, 3.63) is 70.8 Å². The smallest absolute Gasteiger partial charge is 0.216 e. The summed E-state index contributed by atoms with van der Waals surface area (Å²) in [7, 11) is 0.461. The van der Waals surface area contributed by atoms with Gasteiger partial charge in [-0.05, 0) is 37.5 Å². The quantitative estimate of drug-likeness (QED) is 0.512. The molecule has 0 atom stereocenters. The first-order valence-corrected chi connectivity index (χ1v) is 11.4. The van der Waals surface area contributed by atoms with Gasteiger partial charge in [0.25, 0.3) is 0 Å². The van der Waals surface area contributed by atoms with Gasteiger partial charge >= 0.3 is 0 Å². The number of hydrogen-bond acceptors (Lipinski definition) is 3. The number of nitrogens with one attached hydrogen (secondary N) is 2. The van der Waals surface area contributed by atoms with Crippen LogP contribution in [0.3, 0.4) is 0 Å². The number of aryl methyl sites for hydroxylation is 1. The third kappa shape index (κ3) is 7.87.